The van der Waals surface area contributed by atoms with Gasteiger partial charge in [-0.1, -0.05) is 31.0 Å². The van der Waals surface area contributed by atoms with Crippen molar-refractivity contribution >= 4 is 0 Å². The fourth-order valence-corrected chi connectivity index (χ4v) is 3.90. The van der Waals surface area contributed by atoms with Gasteiger partial charge in [0.05, 0.1) is 0 Å². The molecule has 1 aromatic carbocycles. The molecule has 1 saturated heterocycles. The Hall–Kier alpha value is -0.860. The van der Waals surface area contributed by atoms with Crippen molar-refractivity contribution in [1.29, 1.82) is 0 Å². The molecule has 2 nitrogen and oxygen atoms in total. The van der Waals surface area contributed by atoms with Crippen LogP contribution in [0.15, 0.2) is 12.1 Å². The Labute approximate surface area is 130 Å². The van der Waals surface area contributed by atoms with Crippen LogP contribution in [0.5, 0.6) is 0 Å². The van der Waals surface area contributed by atoms with Crippen LogP contribution >= 0.6 is 0 Å². The van der Waals surface area contributed by atoms with Crippen LogP contribution in [0, 0.1) is 26.7 Å². The number of rotatable bonds is 5. The maximum atomic E-state index is 3.55. The summed E-state index contributed by atoms with van der Waals surface area (Å²) < 4.78 is 0. The monoisotopic (exact) mass is 288 g/mol. The largest absolute Gasteiger partial charge is 0.312 e. The van der Waals surface area contributed by atoms with Gasteiger partial charge in [-0.05, 0) is 76.4 Å². The minimum atomic E-state index is 0.448. The maximum absolute atomic E-state index is 3.55. The molecule has 1 heterocycles. The van der Waals surface area contributed by atoms with Gasteiger partial charge >= 0.3 is 0 Å². The second-order valence-electron chi connectivity index (χ2n) is 6.81. The zero-order valence-electron chi connectivity index (χ0n) is 14.5. The summed E-state index contributed by atoms with van der Waals surface area (Å²) in [6.45, 7) is 12.7. The summed E-state index contributed by atoms with van der Waals surface area (Å²) in [6, 6.07) is 5.08. The molecule has 1 atom stereocenters. The predicted molar refractivity (Wildman–Crippen MR) is 91.9 cm³/mol. The molecule has 1 N–H and O–H groups in total. The molecule has 0 aliphatic carbocycles. The Balaban J connectivity index is 2.07. The summed E-state index contributed by atoms with van der Waals surface area (Å²) in [5.74, 6) is 0.956. The average Bonchev–Trinajstić information content (AvgIpc) is 2.45. The van der Waals surface area contributed by atoms with E-state index < -0.39 is 0 Å². The van der Waals surface area contributed by atoms with E-state index in [9.17, 15) is 0 Å². The molecule has 118 valence electrons. The molecule has 0 spiro atoms. The molecule has 2 heteroatoms. The third-order valence-electron chi connectivity index (χ3n) is 5.16. The van der Waals surface area contributed by atoms with E-state index in [-0.39, 0.29) is 0 Å². The van der Waals surface area contributed by atoms with E-state index >= 15 is 0 Å². The molecule has 21 heavy (non-hydrogen) atoms. The summed E-state index contributed by atoms with van der Waals surface area (Å²) in [4.78, 5) is 2.64. The number of nitrogens with zero attached hydrogens (tertiary/aromatic N) is 1. The number of aryl methyl sites for hydroxylation is 3. The quantitative estimate of drug-likeness (QED) is 0.881. The molecule has 2 rings (SSSR count). The van der Waals surface area contributed by atoms with E-state index in [2.05, 4.69) is 57.1 Å². The zero-order chi connectivity index (χ0) is 15.4. The van der Waals surface area contributed by atoms with Crippen molar-refractivity contribution in [3.05, 3.63) is 34.4 Å². The van der Waals surface area contributed by atoms with Gasteiger partial charge in [-0.25, -0.2) is 0 Å². The summed E-state index contributed by atoms with van der Waals surface area (Å²) in [6.07, 6.45) is 4.09. The van der Waals surface area contributed by atoms with Gasteiger partial charge in [0, 0.05) is 12.6 Å². The van der Waals surface area contributed by atoms with Crippen LogP contribution < -0.4 is 5.32 Å². The molecule has 1 unspecified atom stereocenters. The first-order valence-electron chi connectivity index (χ1n) is 8.52. The standard InChI is InChI=1S/C19H32N2/c1-6-17-7-9-21(10-8-17)13-18(20-5)19-15(3)11-14(2)12-16(19)4/h11-12,17-18,20H,6-10,13H2,1-5H3. The van der Waals surface area contributed by atoms with E-state index in [1.54, 1.807) is 0 Å². The number of hydrogen-bond donors (Lipinski definition) is 1. The Morgan fingerprint density at radius 3 is 2.19 bits per heavy atom. The second-order valence-corrected chi connectivity index (χ2v) is 6.81. The molecular weight excluding hydrogens is 256 g/mol. The smallest absolute Gasteiger partial charge is 0.0452 e. The topological polar surface area (TPSA) is 15.3 Å². The van der Waals surface area contributed by atoms with Gasteiger partial charge in [-0.3, -0.25) is 0 Å². The fraction of sp³-hybridized carbons (Fsp3) is 0.684. The number of nitrogens with one attached hydrogen (secondary N) is 1. The molecule has 1 aliphatic heterocycles. The third-order valence-corrected chi connectivity index (χ3v) is 5.16. The lowest BCUT2D eigenvalue weighted by molar-refractivity contribution is 0.167. The first-order valence-corrected chi connectivity index (χ1v) is 8.52. The molecule has 0 bridgehead atoms. The average molecular weight is 288 g/mol. The first-order chi connectivity index (χ1) is 10.0. The van der Waals surface area contributed by atoms with Crippen molar-refractivity contribution in [3.63, 3.8) is 0 Å². The molecule has 0 aromatic heterocycles. The van der Waals surface area contributed by atoms with Crippen LogP contribution in [-0.4, -0.2) is 31.6 Å². The minimum Gasteiger partial charge on any atom is -0.312 e. The van der Waals surface area contributed by atoms with Crippen LogP contribution in [0.25, 0.3) is 0 Å². The fourth-order valence-electron chi connectivity index (χ4n) is 3.90. The van der Waals surface area contributed by atoms with E-state index in [0.29, 0.717) is 6.04 Å². The van der Waals surface area contributed by atoms with Crippen molar-refractivity contribution in [3.8, 4) is 0 Å². The second kappa shape index (κ2) is 7.42. The van der Waals surface area contributed by atoms with Gasteiger partial charge in [0.2, 0.25) is 0 Å². The Kier molecular flexibility index (Phi) is 5.83. The summed E-state index contributed by atoms with van der Waals surface area (Å²) >= 11 is 0. The van der Waals surface area contributed by atoms with Gasteiger partial charge < -0.3 is 10.2 Å². The van der Waals surface area contributed by atoms with Crippen LogP contribution in [0.2, 0.25) is 0 Å². The lowest BCUT2D eigenvalue weighted by Crippen LogP contribution is -2.39. The van der Waals surface area contributed by atoms with Crippen molar-refractivity contribution < 1.29 is 0 Å². The Morgan fingerprint density at radius 2 is 1.71 bits per heavy atom. The van der Waals surface area contributed by atoms with Gasteiger partial charge in [-0.15, -0.1) is 0 Å². The number of benzene rings is 1. The Bertz CT molecular complexity index is 436. The van der Waals surface area contributed by atoms with Crippen molar-refractivity contribution in [2.24, 2.45) is 5.92 Å². The van der Waals surface area contributed by atoms with Gasteiger partial charge in [0.25, 0.3) is 0 Å². The van der Waals surface area contributed by atoms with E-state index in [1.807, 2.05) is 0 Å². The van der Waals surface area contributed by atoms with Crippen LogP contribution in [-0.2, 0) is 0 Å². The van der Waals surface area contributed by atoms with Crippen LogP contribution in [0.4, 0.5) is 0 Å². The number of piperidine rings is 1. The van der Waals surface area contributed by atoms with Gasteiger partial charge in [0.15, 0.2) is 0 Å². The van der Waals surface area contributed by atoms with Crippen molar-refractivity contribution in [2.45, 2.75) is 53.0 Å². The summed E-state index contributed by atoms with van der Waals surface area (Å²) in [5.41, 5.74) is 5.72. The maximum Gasteiger partial charge on any atom is 0.0452 e. The number of hydrogen-bond acceptors (Lipinski definition) is 2. The first kappa shape index (κ1) is 16.5. The van der Waals surface area contributed by atoms with Crippen LogP contribution in [0.3, 0.4) is 0 Å². The Morgan fingerprint density at radius 1 is 1.14 bits per heavy atom. The summed E-state index contributed by atoms with van der Waals surface area (Å²) in [7, 11) is 2.10. The predicted octanol–water partition coefficient (Wildman–Crippen LogP) is 3.99. The molecule has 1 fully saturated rings. The zero-order valence-corrected chi connectivity index (χ0v) is 14.5. The van der Waals surface area contributed by atoms with Gasteiger partial charge in [0.1, 0.15) is 0 Å². The highest BCUT2D eigenvalue weighted by atomic mass is 15.1. The van der Waals surface area contributed by atoms with E-state index in [4.69, 9.17) is 0 Å². The number of likely N-dealkylation sites (N-methyl/N-ethyl adjacent to an activating group) is 1. The minimum absolute atomic E-state index is 0.448. The highest BCUT2D eigenvalue weighted by Gasteiger charge is 2.22. The van der Waals surface area contributed by atoms with E-state index in [0.717, 1.165) is 12.5 Å². The molecule has 1 aliphatic rings. The highest BCUT2D eigenvalue weighted by molar-refractivity contribution is 5.39. The van der Waals surface area contributed by atoms with Crippen molar-refractivity contribution in [1.82, 2.24) is 10.2 Å². The van der Waals surface area contributed by atoms with Gasteiger partial charge in [-0.2, -0.15) is 0 Å². The van der Waals surface area contributed by atoms with Crippen LogP contribution in [0.1, 0.15) is 54.5 Å². The third kappa shape index (κ3) is 4.08. The summed E-state index contributed by atoms with van der Waals surface area (Å²) in [5, 5.41) is 3.55. The number of likely N-dealkylation sites (tertiary alicyclic amines) is 1. The SMILES string of the molecule is CCC1CCN(CC(NC)c2c(C)cc(C)cc2C)CC1. The van der Waals surface area contributed by atoms with E-state index in [1.165, 1.54) is 54.6 Å². The molecule has 1 aromatic rings. The molecule has 0 saturated carbocycles. The molecular formula is C19H32N2. The van der Waals surface area contributed by atoms with Crippen molar-refractivity contribution in [2.75, 3.05) is 26.7 Å². The lowest BCUT2D eigenvalue weighted by Gasteiger charge is -2.34. The highest BCUT2D eigenvalue weighted by Crippen LogP contribution is 2.26. The molecule has 0 radical (unpaired) electrons. The lowest BCUT2D eigenvalue weighted by atomic mass is 9.91. The normalized spacial score (nSPS) is 18.9. The molecule has 0 amide bonds.